The molecule has 4 heteroatoms. The molecule has 0 radical (unpaired) electrons. The second-order valence-electron chi connectivity index (χ2n) is 5.12. The van der Waals surface area contributed by atoms with Crippen LogP contribution in [-0.2, 0) is 6.54 Å². The van der Waals surface area contributed by atoms with Crippen molar-refractivity contribution in [2.75, 3.05) is 20.1 Å². The number of nitrogens with zero attached hydrogens (tertiary/aromatic N) is 2. The Kier molecular flexibility index (Phi) is 5.08. The predicted molar refractivity (Wildman–Crippen MR) is 81.6 cm³/mol. The topological polar surface area (TPSA) is 27.6 Å². The molecule has 19 heavy (non-hydrogen) atoms. The van der Waals surface area contributed by atoms with Gasteiger partial charge in [0.2, 0.25) is 0 Å². The lowest BCUT2D eigenvalue weighted by Gasteiger charge is -2.22. The first-order valence-corrected chi connectivity index (χ1v) is 7.30. The first-order valence-electron chi connectivity index (χ1n) is 6.93. The molecular formula is C15H22ClN3. The molecule has 0 aromatic heterocycles. The Morgan fingerprint density at radius 2 is 2.26 bits per heavy atom. The highest BCUT2D eigenvalue weighted by molar-refractivity contribution is 6.30. The van der Waals surface area contributed by atoms with Crippen LogP contribution in [0.1, 0.15) is 25.3 Å². The van der Waals surface area contributed by atoms with E-state index in [4.69, 9.17) is 16.6 Å². The Labute approximate surface area is 120 Å². The maximum Gasteiger partial charge on any atom is 0.193 e. The Morgan fingerprint density at radius 1 is 1.47 bits per heavy atom. The van der Waals surface area contributed by atoms with Crippen LogP contribution in [0.4, 0.5) is 0 Å². The Morgan fingerprint density at radius 3 is 2.89 bits per heavy atom. The molecule has 1 aromatic carbocycles. The van der Waals surface area contributed by atoms with E-state index < -0.39 is 0 Å². The van der Waals surface area contributed by atoms with Crippen LogP contribution < -0.4 is 5.32 Å². The minimum absolute atomic E-state index is 0.783. The summed E-state index contributed by atoms with van der Waals surface area (Å²) in [6, 6.07) is 7.98. The lowest BCUT2D eigenvalue weighted by Crippen LogP contribution is -2.38. The number of hydrogen-bond acceptors (Lipinski definition) is 1. The molecule has 1 fully saturated rings. The van der Waals surface area contributed by atoms with Crippen LogP contribution in [0, 0.1) is 5.92 Å². The summed E-state index contributed by atoms with van der Waals surface area (Å²) in [5.74, 6) is 1.79. The standard InChI is InChI=1S/C15H22ClN3/c1-3-17-15(18-10-12-7-8-12)19(2)11-13-5-4-6-14(16)9-13/h4-6,9,12H,3,7-8,10-11H2,1-2H3,(H,17,18). The summed E-state index contributed by atoms with van der Waals surface area (Å²) in [6.07, 6.45) is 2.67. The van der Waals surface area contributed by atoms with Crippen LogP contribution >= 0.6 is 11.6 Å². The molecule has 1 aromatic rings. The summed E-state index contributed by atoms with van der Waals surface area (Å²) >= 11 is 6.02. The second kappa shape index (κ2) is 6.80. The van der Waals surface area contributed by atoms with Gasteiger partial charge in [-0.15, -0.1) is 0 Å². The summed E-state index contributed by atoms with van der Waals surface area (Å²) in [6.45, 7) is 4.75. The van der Waals surface area contributed by atoms with E-state index in [0.717, 1.165) is 36.5 Å². The van der Waals surface area contributed by atoms with Gasteiger partial charge in [-0.25, -0.2) is 0 Å². The van der Waals surface area contributed by atoms with Gasteiger partial charge in [-0.2, -0.15) is 0 Å². The lowest BCUT2D eigenvalue weighted by molar-refractivity contribution is 0.476. The van der Waals surface area contributed by atoms with Crippen molar-refractivity contribution >= 4 is 17.6 Å². The average molecular weight is 280 g/mol. The van der Waals surface area contributed by atoms with E-state index >= 15 is 0 Å². The van der Waals surface area contributed by atoms with E-state index in [0.29, 0.717) is 0 Å². The highest BCUT2D eigenvalue weighted by atomic mass is 35.5. The molecule has 2 rings (SSSR count). The van der Waals surface area contributed by atoms with E-state index in [1.165, 1.54) is 18.4 Å². The van der Waals surface area contributed by atoms with E-state index in [2.05, 4.69) is 30.3 Å². The zero-order chi connectivity index (χ0) is 13.7. The fraction of sp³-hybridized carbons (Fsp3) is 0.533. The number of aliphatic imine (C=N–C) groups is 1. The third-order valence-corrected chi connectivity index (χ3v) is 3.44. The zero-order valence-electron chi connectivity index (χ0n) is 11.7. The van der Waals surface area contributed by atoms with Gasteiger partial charge in [0.15, 0.2) is 5.96 Å². The monoisotopic (exact) mass is 279 g/mol. The van der Waals surface area contributed by atoms with Crippen LogP contribution in [0.3, 0.4) is 0 Å². The molecule has 1 aliphatic carbocycles. The van der Waals surface area contributed by atoms with Gasteiger partial charge in [-0.3, -0.25) is 4.99 Å². The molecule has 0 saturated heterocycles. The van der Waals surface area contributed by atoms with Gasteiger partial charge in [0.05, 0.1) is 0 Å². The summed E-state index contributed by atoms with van der Waals surface area (Å²) in [5, 5.41) is 4.13. The predicted octanol–water partition coefficient (Wildman–Crippen LogP) is 3.15. The van der Waals surface area contributed by atoms with Gasteiger partial charge in [0, 0.05) is 31.7 Å². The van der Waals surface area contributed by atoms with Gasteiger partial charge < -0.3 is 10.2 Å². The molecule has 0 heterocycles. The Hall–Kier alpha value is -1.22. The maximum atomic E-state index is 6.02. The Bertz CT molecular complexity index is 441. The van der Waals surface area contributed by atoms with Gasteiger partial charge in [0.25, 0.3) is 0 Å². The molecule has 0 unspecified atom stereocenters. The smallest absolute Gasteiger partial charge is 0.193 e. The number of hydrogen-bond donors (Lipinski definition) is 1. The van der Waals surface area contributed by atoms with E-state index in [1.807, 2.05) is 18.2 Å². The molecule has 0 aliphatic heterocycles. The second-order valence-corrected chi connectivity index (χ2v) is 5.56. The zero-order valence-corrected chi connectivity index (χ0v) is 12.5. The van der Waals surface area contributed by atoms with Gasteiger partial charge in [-0.05, 0) is 43.4 Å². The van der Waals surface area contributed by atoms with Crippen LogP contribution in [0.25, 0.3) is 0 Å². The number of rotatable bonds is 5. The normalized spacial score (nSPS) is 15.4. The third-order valence-electron chi connectivity index (χ3n) is 3.20. The molecule has 104 valence electrons. The first-order chi connectivity index (χ1) is 9.19. The van der Waals surface area contributed by atoms with E-state index in [-0.39, 0.29) is 0 Å². The third kappa shape index (κ3) is 4.75. The molecule has 1 N–H and O–H groups in total. The number of guanidine groups is 1. The molecule has 1 saturated carbocycles. The van der Waals surface area contributed by atoms with Crippen molar-refractivity contribution in [3.05, 3.63) is 34.9 Å². The first kappa shape index (κ1) is 14.2. The van der Waals surface area contributed by atoms with Crippen molar-refractivity contribution in [2.24, 2.45) is 10.9 Å². The minimum Gasteiger partial charge on any atom is -0.357 e. The van der Waals surface area contributed by atoms with Crippen LogP contribution in [0.15, 0.2) is 29.3 Å². The maximum absolute atomic E-state index is 6.02. The van der Waals surface area contributed by atoms with Crippen LogP contribution in [0.2, 0.25) is 5.02 Å². The largest absolute Gasteiger partial charge is 0.357 e. The summed E-state index contributed by atoms with van der Waals surface area (Å²) in [5.41, 5.74) is 1.20. The van der Waals surface area contributed by atoms with Crippen molar-refractivity contribution in [1.82, 2.24) is 10.2 Å². The SMILES string of the molecule is CCNC(=NCC1CC1)N(C)Cc1cccc(Cl)c1. The van der Waals surface area contributed by atoms with Gasteiger partial charge in [0.1, 0.15) is 0 Å². The highest BCUT2D eigenvalue weighted by Gasteiger charge is 2.21. The van der Waals surface area contributed by atoms with Gasteiger partial charge in [-0.1, -0.05) is 23.7 Å². The van der Waals surface area contributed by atoms with Crippen molar-refractivity contribution in [3.8, 4) is 0 Å². The summed E-state index contributed by atoms with van der Waals surface area (Å²) < 4.78 is 0. The molecule has 0 amide bonds. The van der Waals surface area contributed by atoms with Crippen LogP contribution in [0.5, 0.6) is 0 Å². The van der Waals surface area contributed by atoms with Crippen molar-refractivity contribution < 1.29 is 0 Å². The van der Waals surface area contributed by atoms with Gasteiger partial charge >= 0.3 is 0 Å². The number of benzene rings is 1. The highest BCUT2D eigenvalue weighted by Crippen LogP contribution is 2.28. The molecular weight excluding hydrogens is 258 g/mol. The molecule has 1 aliphatic rings. The van der Waals surface area contributed by atoms with Crippen molar-refractivity contribution in [2.45, 2.75) is 26.3 Å². The fourth-order valence-electron chi connectivity index (χ4n) is 1.97. The summed E-state index contributed by atoms with van der Waals surface area (Å²) in [4.78, 5) is 6.84. The lowest BCUT2D eigenvalue weighted by atomic mass is 10.2. The Balaban J connectivity index is 1.97. The van der Waals surface area contributed by atoms with Crippen molar-refractivity contribution in [3.63, 3.8) is 0 Å². The molecule has 0 bridgehead atoms. The van der Waals surface area contributed by atoms with Crippen LogP contribution in [-0.4, -0.2) is 31.0 Å². The fourth-order valence-corrected chi connectivity index (χ4v) is 2.18. The average Bonchev–Trinajstić information content (AvgIpc) is 3.18. The minimum atomic E-state index is 0.783. The number of nitrogens with one attached hydrogen (secondary N) is 1. The summed E-state index contributed by atoms with van der Waals surface area (Å²) in [7, 11) is 2.06. The molecule has 0 atom stereocenters. The van der Waals surface area contributed by atoms with E-state index in [1.54, 1.807) is 0 Å². The quantitative estimate of drug-likeness (QED) is 0.662. The van der Waals surface area contributed by atoms with Crippen molar-refractivity contribution in [1.29, 1.82) is 0 Å². The molecule has 3 nitrogen and oxygen atoms in total. The number of halogens is 1. The van der Waals surface area contributed by atoms with E-state index in [9.17, 15) is 0 Å². The molecule has 0 spiro atoms.